The van der Waals surface area contributed by atoms with E-state index in [9.17, 15) is 4.79 Å². The third-order valence-electron chi connectivity index (χ3n) is 5.75. The van der Waals surface area contributed by atoms with Gasteiger partial charge < -0.3 is 19.3 Å². The Morgan fingerprint density at radius 1 is 0.941 bits per heavy atom. The molecule has 2 aromatic heterocycles. The lowest BCUT2D eigenvalue weighted by Gasteiger charge is -2.35. The number of hydrogen-bond acceptors (Lipinski definition) is 8. The summed E-state index contributed by atoms with van der Waals surface area (Å²) in [6, 6.07) is 12.5. The van der Waals surface area contributed by atoms with Crippen LogP contribution in [0.5, 0.6) is 11.5 Å². The van der Waals surface area contributed by atoms with Crippen LogP contribution in [0.25, 0.3) is 16.9 Å². The van der Waals surface area contributed by atoms with Crippen LogP contribution in [-0.4, -0.2) is 76.2 Å². The standard InChI is InChI=1S/C23H22ClN7O3/c1-33-18-11-15(12-19(13-18)34-2)23(32)30-9-7-29(8-10-30)21-20-22(26-14-25-21)31(28-27-20)17-5-3-16(24)4-6-17/h3-6,11-14H,7-10H2,1-2H3. The van der Waals surface area contributed by atoms with Crippen molar-refractivity contribution in [2.45, 2.75) is 0 Å². The van der Waals surface area contributed by atoms with Gasteiger partial charge in [0.25, 0.3) is 5.91 Å². The van der Waals surface area contributed by atoms with E-state index < -0.39 is 0 Å². The molecule has 0 spiro atoms. The van der Waals surface area contributed by atoms with Crippen molar-refractivity contribution in [3.05, 3.63) is 59.4 Å². The number of fused-ring (bicyclic) bond motifs is 1. The van der Waals surface area contributed by atoms with Gasteiger partial charge in [0.15, 0.2) is 17.0 Å². The van der Waals surface area contributed by atoms with Gasteiger partial charge in [0.05, 0.1) is 19.9 Å². The van der Waals surface area contributed by atoms with Gasteiger partial charge in [-0.25, -0.2) is 9.97 Å². The first-order valence-electron chi connectivity index (χ1n) is 10.7. The third kappa shape index (κ3) is 4.08. The van der Waals surface area contributed by atoms with Gasteiger partial charge in [-0.05, 0) is 36.4 Å². The molecule has 1 amide bonds. The summed E-state index contributed by atoms with van der Waals surface area (Å²) in [5.41, 5.74) is 2.55. The summed E-state index contributed by atoms with van der Waals surface area (Å²) in [6.45, 7) is 2.28. The van der Waals surface area contributed by atoms with Crippen LogP contribution in [0.1, 0.15) is 10.4 Å². The van der Waals surface area contributed by atoms with E-state index >= 15 is 0 Å². The van der Waals surface area contributed by atoms with Crippen LogP contribution in [0, 0.1) is 0 Å². The van der Waals surface area contributed by atoms with Gasteiger partial charge in [-0.15, -0.1) is 5.10 Å². The quantitative estimate of drug-likeness (QED) is 0.431. The SMILES string of the molecule is COc1cc(OC)cc(C(=O)N2CCN(c3ncnc4c3nnn4-c3ccc(Cl)cc3)CC2)c1. The molecule has 1 aliphatic rings. The van der Waals surface area contributed by atoms with Crippen molar-refractivity contribution >= 4 is 34.5 Å². The van der Waals surface area contributed by atoms with E-state index in [1.54, 1.807) is 49.2 Å². The number of benzene rings is 2. The minimum atomic E-state index is -0.0710. The number of hydrogen-bond donors (Lipinski definition) is 0. The molecular formula is C23H22ClN7O3. The van der Waals surface area contributed by atoms with E-state index in [0.717, 1.165) is 5.69 Å². The number of anilines is 1. The summed E-state index contributed by atoms with van der Waals surface area (Å²) in [5.74, 6) is 1.78. The van der Waals surface area contributed by atoms with Crippen LogP contribution >= 0.6 is 11.6 Å². The Hall–Kier alpha value is -3.92. The van der Waals surface area contributed by atoms with Gasteiger partial charge in [-0.3, -0.25) is 4.79 Å². The minimum absolute atomic E-state index is 0.0710. The summed E-state index contributed by atoms with van der Waals surface area (Å²) >= 11 is 6.00. The molecule has 5 rings (SSSR count). The maximum Gasteiger partial charge on any atom is 0.254 e. The number of halogens is 1. The molecule has 4 aromatic rings. The summed E-state index contributed by atoms with van der Waals surface area (Å²) in [4.78, 5) is 25.9. The van der Waals surface area contributed by atoms with Gasteiger partial charge >= 0.3 is 0 Å². The number of methoxy groups -OCH3 is 2. The molecule has 34 heavy (non-hydrogen) atoms. The second-order valence-corrected chi connectivity index (χ2v) is 8.16. The number of ether oxygens (including phenoxy) is 2. The predicted molar refractivity (Wildman–Crippen MR) is 127 cm³/mol. The number of nitrogens with zero attached hydrogens (tertiary/aromatic N) is 7. The summed E-state index contributed by atoms with van der Waals surface area (Å²) in [6.07, 6.45) is 1.51. The molecule has 11 heteroatoms. The molecule has 0 saturated carbocycles. The normalized spacial score (nSPS) is 13.9. The molecule has 0 aliphatic carbocycles. The molecule has 3 heterocycles. The molecule has 10 nitrogen and oxygen atoms in total. The van der Waals surface area contributed by atoms with Gasteiger partial charge in [0.1, 0.15) is 17.8 Å². The number of carbonyl (C=O) groups excluding carboxylic acids is 1. The van der Waals surface area contributed by atoms with Crippen LogP contribution in [0.4, 0.5) is 5.82 Å². The Morgan fingerprint density at radius 3 is 2.26 bits per heavy atom. The van der Waals surface area contributed by atoms with Crippen molar-refractivity contribution in [3.8, 4) is 17.2 Å². The summed E-state index contributed by atoms with van der Waals surface area (Å²) in [5, 5.41) is 9.25. The number of piperazine rings is 1. The summed E-state index contributed by atoms with van der Waals surface area (Å²) in [7, 11) is 3.13. The zero-order valence-corrected chi connectivity index (χ0v) is 19.4. The fourth-order valence-corrected chi connectivity index (χ4v) is 4.09. The van der Waals surface area contributed by atoms with Crippen LogP contribution in [0.2, 0.25) is 5.02 Å². The van der Waals surface area contributed by atoms with Gasteiger partial charge in [-0.2, -0.15) is 4.68 Å². The average Bonchev–Trinajstić information content (AvgIpc) is 3.33. The fraction of sp³-hybridized carbons (Fsp3) is 0.261. The van der Waals surface area contributed by atoms with Gasteiger partial charge in [0.2, 0.25) is 0 Å². The highest BCUT2D eigenvalue weighted by molar-refractivity contribution is 6.30. The molecule has 2 aromatic carbocycles. The maximum atomic E-state index is 13.1. The van der Waals surface area contributed by atoms with Crippen LogP contribution in [0.15, 0.2) is 48.8 Å². The molecule has 0 unspecified atom stereocenters. The smallest absolute Gasteiger partial charge is 0.254 e. The zero-order chi connectivity index (χ0) is 23.7. The molecule has 0 N–H and O–H groups in total. The van der Waals surface area contributed by atoms with E-state index in [2.05, 4.69) is 25.2 Å². The highest BCUT2D eigenvalue weighted by atomic mass is 35.5. The van der Waals surface area contributed by atoms with Crippen molar-refractivity contribution in [1.82, 2.24) is 29.9 Å². The number of carbonyl (C=O) groups is 1. The maximum absolute atomic E-state index is 13.1. The fourth-order valence-electron chi connectivity index (χ4n) is 3.96. The lowest BCUT2D eigenvalue weighted by molar-refractivity contribution is 0.0746. The van der Waals surface area contributed by atoms with Crippen molar-refractivity contribution in [2.24, 2.45) is 0 Å². The predicted octanol–water partition coefficient (Wildman–Crippen LogP) is 2.84. The van der Waals surface area contributed by atoms with Crippen LogP contribution < -0.4 is 14.4 Å². The molecule has 0 atom stereocenters. The molecule has 174 valence electrons. The lowest BCUT2D eigenvalue weighted by atomic mass is 10.1. The van der Waals surface area contributed by atoms with Crippen molar-refractivity contribution in [3.63, 3.8) is 0 Å². The zero-order valence-electron chi connectivity index (χ0n) is 18.7. The van der Waals surface area contributed by atoms with Crippen molar-refractivity contribution in [2.75, 3.05) is 45.3 Å². The Bertz CT molecular complexity index is 1310. The average molecular weight is 480 g/mol. The Morgan fingerprint density at radius 2 is 1.62 bits per heavy atom. The molecule has 1 aliphatic heterocycles. The highest BCUT2D eigenvalue weighted by Crippen LogP contribution is 2.26. The second-order valence-electron chi connectivity index (χ2n) is 7.73. The van der Waals surface area contributed by atoms with E-state index in [1.807, 2.05) is 17.0 Å². The summed E-state index contributed by atoms with van der Waals surface area (Å²) < 4.78 is 12.3. The largest absolute Gasteiger partial charge is 0.497 e. The first-order chi connectivity index (χ1) is 16.6. The molecular weight excluding hydrogens is 458 g/mol. The number of amides is 1. The van der Waals surface area contributed by atoms with E-state index in [0.29, 0.717) is 65.2 Å². The molecule has 1 fully saturated rings. The van der Waals surface area contributed by atoms with Crippen molar-refractivity contribution < 1.29 is 14.3 Å². The van der Waals surface area contributed by atoms with E-state index in [-0.39, 0.29) is 5.91 Å². The Balaban J connectivity index is 1.35. The van der Waals surface area contributed by atoms with Crippen molar-refractivity contribution in [1.29, 1.82) is 0 Å². The monoisotopic (exact) mass is 479 g/mol. The third-order valence-corrected chi connectivity index (χ3v) is 6.01. The first kappa shape index (κ1) is 21.9. The van der Waals surface area contributed by atoms with Gasteiger partial charge in [-0.1, -0.05) is 16.8 Å². The van der Waals surface area contributed by atoms with E-state index in [1.165, 1.54) is 6.33 Å². The van der Waals surface area contributed by atoms with Gasteiger partial charge in [0, 0.05) is 42.8 Å². The van der Waals surface area contributed by atoms with Crippen LogP contribution in [0.3, 0.4) is 0 Å². The molecule has 0 radical (unpaired) electrons. The topological polar surface area (TPSA) is 98.5 Å². The second kappa shape index (κ2) is 9.14. The number of aromatic nitrogens is 5. The lowest BCUT2D eigenvalue weighted by Crippen LogP contribution is -2.49. The minimum Gasteiger partial charge on any atom is -0.497 e. The molecule has 0 bridgehead atoms. The van der Waals surface area contributed by atoms with E-state index in [4.69, 9.17) is 21.1 Å². The first-order valence-corrected chi connectivity index (χ1v) is 11.0. The Labute approximate surface area is 200 Å². The van der Waals surface area contributed by atoms with Crippen LogP contribution in [-0.2, 0) is 0 Å². The highest BCUT2D eigenvalue weighted by Gasteiger charge is 2.26. The Kier molecular flexibility index (Phi) is 5.89. The number of rotatable bonds is 5. The molecule has 1 saturated heterocycles.